The maximum absolute atomic E-state index is 12.2. The molecule has 0 aliphatic heterocycles. The molecule has 1 heterocycles. The van der Waals surface area contributed by atoms with Crippen LogP contribution in [-0.4, -0.2) is 22.4 Å². The summed E-state index contributed by atoms with van der Waals surface area (Å²) in [6, 6.07) is 14.3. The monoisotopic (exact) mass is 360 g/mol. The van der Waals surface area contributed by atoms with Crippen molar-refractivity contribution in [3.63, 3.8) is 0 Å². The van der Waals surface area contributed by atoms with Crippen molar-refractivity contribution in [2.24, 2.45) is 0 Å². The second kappa shape index (κ2) is 7.51. The third-order valence-corrected chi connectivity index (χ3v) is 4.27. The molecular formula is C17H13ClN2O3S. The van der Waals surface area contributed by atoms with E-state index in [1.165, 1.54) is 11.8 Å². The Labute approximate surface area is 148 Å². The first-order valence-corrected chi connectivity index (χ1v) is 8.66. The molecule has 3 aromatic rings. The van der Waals surface area contributed by atoms with Crippen molar-refractivity contribution in [3.8, 4) is 11.4 Å². The second-order valence-corrected chi connectivity index (χ2v) is 6.08. The predicted molar refractivity (Wildman–Crippen MR) is 92.1 cm³/mol. The second-order valence-electron chi connectivity index (χ2n) is 4.80. The number of ether oxygens (including phenoxy) is 1. The summed E-state index contributed by atoms with van der Waals surface area (Å²) in [6.45, 7) is -0.0812. The van der Waals surface area contributed by atoms with Gasteiger partial charge >= 0.3 is 5.97 Å². The highest BCUT2D eigenvalue weighted by molar-refractivity contribution is 7.98. The molecule has 122 valence electrons. The SMILES string of the molecule is CSc1ccccc1C(=O)OCc1nc(-c2ccc(Cl)cc2)no1. The zero-order chi connectivity index (χ0) is 16.9. The van der Waals surface area contributed by atoms with E-state index in [0.717, 1.165) is 10.5 Å². The lowest BCUT2D eigenvalue weighted by atomic mass is 10.2. The molecule has 0 saturated carbocycles. The van der Waals surface area contributed by atoms with Crippen LogP contribution in [0.1, 0.15) is 16.2 Å². The molecular weight excluding hydrogens is 348 g/mol. The van der Waals surface area contributed by atoms with Gasteiger partial charge in [0.2, 0.25) is 5.82 Å². The number of thioether (sulfide) groups is 1. The van der Waals surface area contributed by atoms with Gasteiger partial charge in [-0.1, -0.05) is 28.9 Å². The van der Waals surface area contributed by atoms with Crippen LogP contribution in [0.3, 0.4) is 0 Å². The molecule has 3 rings (SSSR count). The summed E-state index contributed by atoms with van der Waals surface area (Å²) in [5.74, 6) is 0.225. The van der Waals surface area contributed by atoms with Gasteiger partial charge in [-0.2, -0.15) is 4.98 Å². The number of carbonyl (C=O) groups excluding carboxylic acids is 1. The summed E-state index contributed by atoms with van der Waals surface area (Å²) in [5, 5.41) is 4.50. The highest BCUT2D eigenvalue weighted by Gasteiger charge is 2.15. The summed E-state index contributed by atoms with van der Waals surface area (Å²) in [4.78, 5) is 17.2. The fourth-order valence-electron chi connectivity index (χ4n) is 2.05. The quantitative estimate of drug-likeness (QED) is 0.494. The molecule has 0 amide bonds. The molecule has 0 aliphatic rings. The van der Waals surface area contributed by atoms with Crippen molar-refractivity contribution in [2.75, 3.05) is 6.26 Å². The third-order valence-electron chi connectivity index (χ3n) is 3.22. The first-order chi connectivity index (χ1) is 11.7. The molecule has 0 unspecified atom stereocenters. The Balaban J connectivity index is 1.67. The van der Waals surface area contributed by atoms with Crippen LogP contribution in [-0.2, 0) is 11.3 Å². The Morgan fingerprint density at radius 2 is 1.96 bits per heavy atom. The van der Waals surface area contributed by atoms with Crippen molar-refractivity contribution in [1.82, 2.24) is 10.1 Å². The zero-order valence-electron chi connectivity index (χ0n) is 12.7. The minimum Gasteiger partial charge on any atom is -0.452 e. The van der Waals surface area contributed by atoms with Crippen molar-refractivity contribution in [1.29, 1.82) is 0 Å². The van der Waals surface area contributed by atoms with Gasteiger partial charge < -0.3 is 9.26 Å². The Bertz CT molecular complexity index is 849. The van der Waals surface area contributed by atoms with Crippen molar-refractivity contribution < 1.29 is 14.1 Å². The summed E-state index contributed by atoms with van der Waals surface area (Å²) in [6.07, 6.45) is 1.91. The molecule has 0 spiro atoms. The van der Waals surface area contributed by atoms with Crippen molar-refractivity contribution >= 4 is 29.3 Å². The first kappa shape index (κ1) is 16.5. The summed E-state index contributed by atoms with van der Waals surface area (Å²) in [7, 11) is 0. The number of halogens is 1. The number of hydrogen-bond acceptors (Lipinski definition) is 6. The molecule has 2 aromatic carbocycles. The van der Waals surface area contributed by atoms with Crippen LogP contribution in [0, 0.1) is 0 Å². The Morgan fingerprint density at radius 3 is 2.71 bits per heavy atom. The smallest absolute Gasteiger partial charge is 0.339 e. The minimum absolute atomic E-state index is 0.0812. The van der Waals surface area contributed by atoms with E-state index in [4.69, 9.17) is 20.9 Å². The Hall–Kier alpha value is -2.31. The number of aromatic nitrogens is 2. The van der Waals surface area contributed by atoms with Crippen LogP contribution in [0.15, 0.2) is 57.9 Å². The molecule has 0 atom stereocenters. The molecule has 5 nitrogen and oxygen atoms in total. The number of hydrogen-bond donors (Lipinski definition) is 0. The van der Waals surface area contributed by atoms with E-state index in [1.807, 2.05) is 18.4 Å². The fourth-order valence-corrected chi connectivity index (χ4v) is 2.76. The average molecular weight is 361 g/mol. The number of carbonyl (C=O) groups is 1. The highest BCUT2D eigenvalue weighted by atomic mass is 35.5. The van der Waals surface area contributed by atoms with E-state index in [-0.39, 0.29) is 12.5 Å². The topological polar surface area (TPSA) is 65.2 Å². The van der Waals surface area contributed by atoms with Crippen LogP contribution < -0.4 is 0 Å². The zero-order valence-corrected chi connectivity index (χ0v) is 14.3. The fraction of sp³-hybridized carbons (Fsp3) is 0.118. The van der Waals surface area contributed by atoms with Crippen molar-refractivity contribution in [3.05, 3.63) is 65.0 Å². The van der Waals surface area contributed by atoms with Gasteiger partial charge in [0.15, 0.2) is 6.61 Å². The normalized spacial score (nSPS) is 10.6. The van der Waals surface area contributed by atoms with E-state index in [9.17, 15) is 4.79 Å². The molecule has 0 fully saturated rings. The first-order valence-electron chi connectivity index (χ1n) is 7.06. The van der Waals surface area contributed by atoms with Gasteiger partial charge in [-0.25, -0.2) is 4.79 Å². The molecule has 0 radical (unpaired) electrons. The van der Waals surface area contributed by atoms with Crippen LogP contribution in [0.2, 0.25) is 5.02 Å². The van der Waals surface area contributed by atoms with E-state index >= 15 is 0 Å². The number of nitrogens with zero attached hydrogens (tertiary/aromatic N) is 2. The van der Waals surface area contributed by atoms with Gasteiger partial charge in [0.1, 0.15) is 0 Å². The van der Waals surface area contributed by atoms with Gasteiger partial charge in [-0.15, -0.1) is 11.8 Å². The molecule has 24 heavy (non-hydrogen) atoms. The summed E-state index contributed by atoms with van der Waals surface area (Å²) >= 11 is 7.33. The minimum atomic E-state index is -0.425. The lowest BCUT2D eigenvalue weighted by molar-refractivity contribution is 0.0425. The standard InChI is InChI=1S/C17H13ClN2O3S/c1-24-14-5-3-2-4-13(14)17(21)22-10-15-19-16(20-23-15)11-6-8-12(18)9-7-11/h2-9H,10H2,1H3. The van der Waals surface area contributed by atoms with E-state index < -0.39 is 5.97 Å². The van der Waals surface area contributed by atoms with Gasteiger partial charge in [-0.05, 0) is 42.7 Å². The molecule has 0 N–H and O–H groups in total. The van der Waals surface area contributed by atoms with E-state index in [0.29, 0.717) is 16.4 Å². The Kier molecular flexibility index (Phi) is 5.17. The number of benzene rings is 2. The molecule has 0 saturated heterocycles. The molecule has 0 aliphatic carbocycles. The Morgan fingerprint density at radius 1 is 1.21 bits per heavy atom. The van der Waals surface area contributed by atoms with Crippen LogP contribution in [0.25, 0.3) is 11.4 Å². The average Bonchev–Trinajstić information content (AvgIpc) is 3.09. The van der Waals surface area contributed by atoms with Gasteiger partial charge in [0, 0.05) is 15.5 Å². The highest BCUT2D eigenvalue weighted by Crippen LogP contribution is 2.22. The maximum atomic E-state index is 12.2. The van der Waals surface area contributed by atoms with Gasteiger partial charge in [0.25, 0.3) is 5.89 Å². The van der Waals surface area contributed by atoms with E-state index in [2.05, 4.69) is 10.1 Å². The molecule has 1 aromatic heterocycles. The van der Waals surface area contributed by atoms with E-state index in [1.54, 1.807) is 36.4 Å². The molecule has 0 bridgehead atoms. The third kappa shape index (κ3) is 3.77. The maximum Gasteiger partial charge on any atom is 0.339 e. The lowest BCUT2D eigenvalue weighted by Gasteiger charge is -2.05. The van der Waals surface area contributed by atoms with Gasteiger partial charge in [-0.3, -0.25) is 0 Å². The van der Waals surface area contributed by atoms with Crippen LogP contribution >= 0.6 is 23.4 Å². The summed E-state index contributed by atoms with van der Waals surface area (Å²) < 4.78 is 10.4. The molecule has 7 heteroatoms. The van der Waals surface area contributed by atoms with Gasteiger partial charge in [0.05, 0.1) is 5.56 Å². The summed E-state index contributed by atoms with van der Waals surface area (Å²) in [5.41, 5.74) is 1.29. The van der Waals surface area contributed by atoms with Crippen LogP contribution in [0.4, 0.5) is 0 Å². The lowest BCUT2D eigenvalue weighted by Crippen LogP contribution is -2.06. The van der Waals surface area contributed by atoms with Crippen molar-refractivity contribution in [2.45, 2.75) is 11.5 Å². The number of esters is 1. The number of rotatable bonds is 5. The predicted octanol–water partition coefficient (Wildman–Crippen LogP) is 4.47. The van der Waals surface area contributed by atoms with Crippen LogP contribution in [0.5, 0.6) is 0 Å². The largest absolute Gasteiger partial charge is 0.452 e.